The summed E-state index contributed by atoms with van der Waals surface area (Å²) in [5.74, 6) is 1.23. The smallest absolute Gasteiger partial charge is 0.224 e. The van der Waals surface area contributed by atoms with Crippen molar-refractivity contribution < 1.29 is 0 Å². The highest BCUT2D eigenvalue weighted by atomic mass is 35.5. The van der Waals surface area contributed by atoms with E-state index in [1.54, 1.807) is 17.5 Å². The molecule has 102 valence electrons. The fourth-order valence-electron chi connectivity index (χ4n) is 1.52. The molecule has 0 bridgehead atoms. The molecule has 2 heterocycles. The van der Waals surface area contributed by atoms with Crippen LogP contribution in [0.2, 0.25) is 9.36 Å². The molecular weight excluding hydrogens is 303 g/mol. The molecule has 2 aromatic rings. The third-order valence-corrected chi connectivity index (χ3v) is 3.94. The molecule has 0 aliphatic heterocycles. The van der Waals surface area contributed by atoms with E-state index in [4.69, 9.17) is 23.2 Å². The number of halogens is 2. The van der Waals surface area contributed by atoms with Crippen molar-refractivity contribution in [2.75, 3.05) is 23.7 Å². The minimum absolute atomic E-state index is 0.519. The minimum atomic E-state index is 0.519. The monoisotopic (exact) mass is 316 g/mol. The number of nitrogens with one attached hydrogen (secondary N) is 2. The Bertz CT molecular complexity index is 544. The fraction of sp³-hybridized carbons (Fsp3) is 0.333. The van der Waals surface area contributed by atoms with Gasteiger partial charge < -0.3 is 10.6 Å². The summed E-state index contributed by atoms with van der Waals surface area (Å²) in [7, 11) is 0. The van der Waals surface area contributed by atoms with Crippen molar-refractivity contribution in [3.8, 4) is 0 Å². The average Bonchev–Trinajstić information content (AvgIpc) is 2.79. The van der Waals surface area contributed by atoms with E-state index in [-0.39, 0.29) is 0 Å². The third kappa shape index (κ3) is 4.23. The van der Waals surface area contributed by atoms with Crippen molar-refractivity contribution in [1.82, 2.24) is 9.97 Å². The first kappa shape index (κ1) is 14.4. The highest BCUT2D eigenvalue weighted by Crippen LogP contribution is 2.23. The number of rotatable bonds is 6. The number of aromatic nitrogens is 2. The molecule has 0 aliphatic carbocycles. The van der Waals surface area contributed by atoms with Gasteiger partial charge in [-0.2, -0.15) is 4.98 Å². The van der Waals surface area contributed by atoms with E-state index in [9.17, 15) is 0 Å². The second kappa shape index (κ2) is 6.93. The lowest BCUT2D eigenvalue weighted by Crippen LogP contribution is -2.09. The van der Waals surface area contributed by atoms with Gasteiger partial charge in [0.05, 0.1) is 10.5 Å². The number of thiophene rings is 1. The summed E-state index contributed by atoms with van der Waals surface area (Å²) in [5.41, 5.74) is 0. The summed E-state index contributed by atoms with van der Waals surface area (Å²) in [6, 6.07) is 3.93. The van der Waals surface area contributed by atoms with Crippen molar-refractivity contribution in [3.63, 3.8) is 0 Å². The van der Waals surface area contributed by atoms with Gasteiger partial charge in [0.2, 0.25) is 5.95 Å². The molecule has 4 nitrogen and oxygen atoms in total. The maximum absolute atomic E-state index is 6.05. The van der Waals surface area contributed by atoms with Crippen LogP contribution in [0.3, 0.4) is 0 Å². The summed E-state index contributed by atoms with van der Waals surface area (Å²) in [5, 5.41) is 6.78. The number of anilines is 2. The molecule has 2 aromatic heterocycles. The van der Waals surface area contributed by atoms with Crippen LogP contribution < -0.4 is 10.6 Å². The second-order valence-electron chi connectivity index (χ2n) is 3.80. The van der Waals surface area contributed by atoms with Crippen molar-refractivity contribution >= 4 is 46.3 Å². The topological polar surface area (TPSA) is 49.8 Å². The van der Waals surface area contributed by atoms with Gasteiger partial charge in [-0.25, -0.2) is 4.98 Å². The predicted octanol–water partition coefficient (Wildman–Crippen LogP) is 3.93. The highest BCUT2D eigenvalue weighted by molar-refractivity contribution is 7.16. The van der Waals surface area contributed by atoms with Gasteiger partial charge in [0, 0.05) is 18.0 Å². The number of nitrogens with zero attached hydrogens (tertiary/aromatic N) is 2. The molecule has 0 saturated heterocycles. The highest BCUT2D eigenvalue weighted by Gasteiger charge is 2.05. The Morgan fingerprint density at radius 2 is 2.11 bits per heavy atom. The first-order chi connectivity index (χ1) is 9.19. The van der Waals surface area contributed by atoms with Crippen LogP contribution in [0.15, 0.2) is 18.3 Å². The van der Waals surface area contributed by atoms with Crippen molar-refractivity contribution in [1.29, 1.82) is 0 Å². The fourth-order valence-corrected chi connectivity index (χ4v) is 2.77. The maximum Gasteiger partial charge on any atom is 0.224 e. The van der Waals surface area contributed by atoms with Crippen LogP contribution in [0, 0.1) is 0 Å². The molecule has 2 N–H and O–H groups in total. The van der Waals surface area contributed by atoms with E-state index in [0.717, 1.165) is 23.8 Å². The lowest BCUT2D eigenvalue weighted by molar-refractivity contribution is 1.01. The summed E-state index contributed by atoms with van der Waals surface area (Å²) < 4.78 is 0.810. The lowest BCUT2D eigenvalue weighted by atomic mass is 10.3. The summed E-state index contributed by atoms with van der Waals surface area (Å²) in [6.45, 7) is 3.51. The van der Waals surface area contributed by atoms with Crippen molar-refractivity contribution in [2.24, 2.45) is 0 Å². The molecule has 0 aliphatic rings. The quantitative estimate of drug-likeness (QED) is 0.847. The van der Waals surface area contributed by atoms with Gasteiger partial charge in [-0.1, -0.05) is 23.2 Å². The Morgan fingerprint density at radius 3 is 2.79 bits per heavy atom. The molecule has 0 atom stereocenters. The molecular formula is C12H14Cl2N4S. The van der Waals surface area contributed by atoms with E-state index >= 15 is 0 Å². The molecule has 0 spiro atoms. The lowest BCUT2D eigenvalue weighted by Gasteiger charge is -2.08. The Kier molecular flexibility index (Phi) is 5.24. The third-order valence-electron chi connectivity index (χ3n) is 2.37. The molecule has 2 rings (SSSR count). The standard InChI is InChI=1S/C12H14Cl2N4S/c1-2-15-12-17-7-9(13)11(18-12)16-6-5-8-3-4-10(14)19-8/h3-4,7H,2,5-6H2,1H3,(H2,15,16,17,18). The Morgan fingerprint density at radius 1 is 1.26 bits per heavy atom. The molecule has 0 amide bonds. The normalized spacial score (nSPS) is 10.5. The SMILES string of the molecule is CCNc1ncc(Cl)c(NCCc2ccc(Cl)s2)n1. The van der Waals surface area contributed by atoms with Gasteiger partial charge in [-0.15, -0.1) is 11.3 Å². The van der Waals surface area contributed by atoms with Gasteiger partial charge >= 0.3 is 0 Å². The first-order valence-electron chi connectivity index (χ1n) is 5.93. The molecule has 0 radical (unpaired) electrons. The summed E-state index contributed by atoms with van der Waals surface area (Å²) in [4.78, 5) is 9.63. The van der Waals surface area contributed by atoms with E-state index < -0.39 is 0 Å². The van der Waals surface area contributed by atoms with Gasteiger partial charge in [0.1, 0.15) is 10.8 Å². The predicted molar refractivity (Wildman–Crippen MR) is 82.7 cm³/mol. The van der Waals surface area contributed by atoms with Crippen molar-refractivity contribution in [3.05, 3.63) is 32.6 Å². The zero-order valence-corrected chi connectivity index (χ0v) is 12.7. The van der Waals surface area contributed by atoms with E-state index in [0.29, 0.717) is 16.8 Å². The van der Waals surface area contributed by atoms with Crippen LogP contribution in [0.4, 0.5) is 11.8 Å². The zero-order chi connectivity index (χ0) is 13.7. The van der Waals surface area contributed by atoms with Crippen LogP contribution in [0.5, 0.6) is 0 Å². The molecule has 0 saturated carbocycles. The molecule has 0 aromatic carbocycles. The van der Waals surface area contributed by atoms with E-state index in [1.807, 2.05) is 19.1 Å². The Balaban J connectivity index is 1.93. The van der Waals surface area contributed by atoms with Gasteiger partial charge in [-0.3, -0.25) is 0 Å². The van der Waals surface area contributed by atoms with Gasteiger partial charge in [0.25, 0.3) is 0 Å². The summed E-state index contributed by atoms with van der Waals surface area (Å²) in [6.07, 6.45) is 2.48. The molecule has 7 heteroatoms. The average molecular weight is 317 g/mol. The largest absolute Gasteiger partial charge is 0.368 e. The molecule has 19 heavy (non-hydrogen) atoms. The van der Waals surface area contributed by atoms with Crippen LogP contribution in [-0.4, -0.2) is 23.1 Å². The van der Waals surface area contributed by atoms with E-state index in [2.05, 4.69) is 20.6 Å². The molecule has 0 fully saturated rings. The van der Waals surface area contributed by atoms with Crippen LogP contribution in [0.1, 0.15) is 11.8 Å². The molecule has 0 unspecified atom stereocenters. The van der Waals surface area contributed by atoms with Gasteiger partial charge in [0.15, 0.2) is 0 Å². The van der Waals surface area contributed by atoms with Crippen LogP contribution >= 0.6 is 34.5 Å². The minimum Gasteiger partial charge on any atom is -0.368 e. The summed E-state index contributed by atoms with van der Waals surface area (Å²) >= 11 is 13.5. The Hall–Kier alpha value is -1.04. The number of hydrogen-bond donors (Lipinski definition) is 2. The van der Waals surface area contributed by atoms with Crippen LogP contribution in [-0.2, 0) is 6.42 Å². The van der Waals surface area contributed by atoms with E-state index in [1.165, 1.54) is 4.88 Å². The maximum atomic E-state index is 6.05. The van der Waals surface area contributed by atoms with Crippen molar-refractivity contribution in [2.45, 2.75) is 13.3 Å². The Labute approximate surface area is 126 Å². The first-order valence-corrected chi connectivity index (χ1v) is 7.50. The second-order valence-corrected chi connectivity index (χ2v) is 6.01. The van der Waals surface area contributed by atoms with Crippen LogP contribution in [0.25, 0.3) is 0 Å². The zero-order valence-electron chi connectivity index (χ0n) is 10.4. The number of hydrogen-bond acceptors (Lipinski definition) is 5. The van der Waals surface area contributed by atoms with Gasteiger partial charge in [-0.05, 0) is 25.5 Å².